The molecule has 0 unspecified atom stereocenters. The Balaban J connectivity index is 1.84. The van der Waals surface area contributed by atoms with Crippen LogP contribution in [0, 0.1) is 6.92 Å². The second-order valence-electron chi connectivity index (χ2n) is 5.64. The van der Waals surface area contributed by atoms with Gasteiger partial charge in [-0.1, -0.05) is 25.7 Å². The minimum atomic E-state index is -0.796. The van der Waals surface area contributed by atoms with Crippen LogP contribution < -0.4 is 5.32 Å². The molecule has 1 fully saturated rings. The summed E-state index contributed by atoms with van der Waals surface area (Å²) in [5, 5.41) is 2.98. The van der Waals surface area contributed by atoms with E-state index in [4.69, 9.17) is 9.15 Å². The summed E-state index contributed by atoms with van der Waals surface area (Å²) in [7, 11) is 0. The van der Waals surface area contributed by atoms with E-state index in [1.54, 1.807) is 19.9 Å². The molecule has 2 rings (SSSR count). The fourth-order valence-corrected chi connectivity index (χ4v) is 2.62. The second kappa shape index (κ2) is 7.29. The number of rotatable bonds is 4. The first-order valence-electron chi connectivity index (χ1n) is 7.63. The van der Waals surface area contributed by atoms with Gasteiger partial charge in [-0.3, -0.25) is 4.79 Å². The lowest BCUT2D eigenvalue weighted by Gasteiger charge is -2.19. The van der Waals surface area contributed by atoms with Crippen LogP contribution in [-0.4, -0.2) is 24.0 Å². The van der Waals surface area contributed by atoms with Gasteiger partial charge >= 0.3 is 5.97 Å². The van der Waals surface area contributed by atoms with E-state index in [1.165, 1.54) is 19.1 Å². The van der Waals surface area contributed by atoms with E-state index in [0.29, 0.717) is 11.3 Å². The lowest BCUT2D eigenvalue weighted by Crippen LogP contribution is -2.41. The van der Waals surface area contributed by atoms with Gasteiger partial charge in [-0.15, -0.1) is 0 Å². The van der Waals surface area contributed by atoms with Crippen molar-refractivity contribution >= 4 is 11.9 Å². The van der Waals surface area contributed by atoms with E-state index >= 15 is 0 Å². The average molecular weight is 293 g/mol. The third-order valence-electron chi connectivity index (χ3n) is 3.93. The van der Waals surface area contributed by atoms with Crippen molar-refractivity contribution in [3.05, 3.63) is 23.7 Å². The number of hydrogen-bond acceptors (Lipinski definition) is 4. The van der Waals surface area contributed by atoms with Crippen LogP contribution in [0.3, 0.4) is 0 Å². The van der Waals surface area contributed by atoms with E-state index in [0.717, 1.165) is 25.7 Å². The van der Waals surface area contributed by atoms with Gasteiger partial charge in [0.25, 0.3) is 5.91 Å². The van der Waals surface area contributed by atoms with Crippen LogP contribution in [0.15, 0.2) is 16.7 Å². The zero-order valence-corrected chi connectivity index (χ0v) is 12.7. The van der Waals surface area contributed by atoms with Crippen molar-refractivity contribution in [3.8, 4) is 0 Å². The molecule has 0 bridgehead atoms. The zero-order chi connectivity index (χ0) is 15.2. The molecular formula is C16H23NO4. The molecule has 1 N–H and O–H groups in total. The number of ether oxygens (including phenoxy) is 1. The summed E-state index contributed by atoms with van der Waals surface area (Å²) in [5.74, 6) is -0.252. The Kier molecular flexibility index (Phi) is 5.42. The molecule has 0 aromatic carbocycles. The number of aryl methyl sites for hydroxylation is 1. The van der Waals surface area contributed by atoms with E-state index in [9.17, 15) is 9.59 Å². The summed E-state index contributed by atoms with van der Waals surface area (Å²) in [6.45, 7) is 3.28. The number of hydrogen-bond donors (Lipinski definition) is 1. The SMILES string of the molecule is Cc1occc1C(=O)O[C@@H](C)C(=O)NC1CCCCCC1. The molecule has 1 aromatic heterocycles. The summed E-state index contributed by atoms with van der Waals surface area (Å²) in [5.41, 5.74) is 0.365. The van der Waals surface area contributed by atoms with Gasteiger partial charge in [0.2, 0.25) is 0 Å². The average Bonchev–Trinajstić information content (AvgIpc) is 2.72. The largest absolute Gasteiger partial charge is 0.469 e. The van der Waals surface area contributed by atoms with Crippen molar-refractivity contribution < 1.29 is 18.7 Å². The molecule has 0 spiro atoms. The lowest BCUT2D eigenvalue weighted by molar-refractivity contribution is -0.129. The van der Waals surface area contributed by atoms with Crippen LogP contribution in [0.1, 0.15) is 61.6 Å². The first-order valence-corrected chi connectivity index (χ1v) is 7.63. The van der Waals surface area contributed by atoms with E-state index < -0.39 is 12.1 Å². The Labute approximate surface area is 125 Å². The number of carbonyl (C=O) groups excluding carboxylic acids is 2. The standard InChI is InChI=1S/C16H23NO4/c1-11-14(9-10-20-11)16(19)21-12(2)15(18)17-13-7-5-3-4-6-8-13/h9-10,12-13H,3-8H2,1-2H3,(H,17,18)/t12-/m0/s1. The molecule has 116 valence electrons. The molecule has 0 saturated heterocycles. The van der Waals surface area contributed by atoms with Crippen LogP contribution >= 0.6 is 0 Å². The molecule has 0 aliphatic heterocycles. The molecule has 5 heteroatoms. The molecule has 1 atom stereocenters. The molecule has 1 amide bonds. The Hall–Kier alpha value is -1.78. The molecule has 1 aliphatic carbocycles. The van der Waals surface area contributed by atoms with Crippen LogP contribution in [0.4, 0.5) is 0 Å². The predicted molar refractivity (Wildman–Crippen MR) is 78.0 cm³/mol. The maximum Gasteiger partial charge on any atom is 0.342 e. The molecule has 1 aliphatic rings. The number of esters is 1. The second-order valence-corrected chi connectivity index (χ2v) is 5.64. The van der Waals surface area contributed by atoms with Crippen LogP contribution in [0.5, 0.6) is 0 Å². The minimum absolute atomic E-state index is 0.205. The predicted octanol–water partition coefficient (Wildman–Crippen LogP) is 2.97. The summed E-state index contributed by atoms with van der Waals surface area (Å²) < 4.78 is 10.3. The Morgan fingerprint density at radius 2 is 1.95 bits per heavy atom. The quantitative estimate of drug-likeness (QED) is 0.684. The van der Waals surface area contributed by atoms with Crippen molar-refractivity contribution in [2.75, 3.05) is 0 Å². The van der Waals surface area contributed by atoms with Gasteiger partial charge in [0.05, 0.1) is 6.26 Å². The van der Waals surface area contributed by atoms with Gasteiger partial charge in [-0.25, -0.2) is 4.79 Å². The topological polar surface area (TPSA) is 68.5 Å². The Bertz CT molecular complexity index is 486. The number of nitrogens with one attached hydrogen (secondary N) is 1. The fourth-order valence-electron chi connectivity index (χ4n) is 2.62. The van der Waals surface area contributed by atoms with Gasteiger partial charge in [0, 0.05) is 6.04 Å². The molecule has 0 radical (unpaired) electrons. The molecule has 1 aromatic rings. The number of carbonyl (C=O) groups is 2. The summed E-state index contributed by atoms with van der Waals surface area (Å²) in [4.78, 5) is 24.0. The maximum atomic E-state index is 12.1. The van der Waals surface area contributed by atoms with Crippen molar-refractivity contribution in [3.63, 3.8) is 0 Å². The molecule has 5 nitrogen and oxygen atoms in total. The van der Waals surface area contributed by atoms with Gasteiger partial charge < -0.3 is 14.5 Å². The Morgan fingerprint density at radius 3 is 2.52 bits per heavy atom. The Morgan fingerprint density at radius 1 is 1.29 bits per heavy atom. The van der Waals surface area contributed by atoms with E-state index in [2.05, 4.69) is 5.32 Å². The van der Waals surface area contributed by atoms with Crippen LogP contribution in [-0.2, 0) is 9.53 Å². The van der Waals surface area contributed by atoms with Gasteiger partial charge in [0.15, 0.2) is 6.10 Å². The monoisotopic (exact) mass is 293 g/mol. The third kappa shape index (κ3) is 4.34. The van der Waals surface area contributed by atoms with Crippen molar-refractivity contribution in [1.29, 1.82) is 0 Å². The highest BCUT2D eigenvalue weighted by atomic mass is 16.5. The first-order chi connectivity index (χ1) is 10.1. The summed E-state index contributed by atoms with van der Waals surface area (Å²) in [6.07, 6.45) is 7.41. The highest BCUT2D eigenvalue weighted by molar-refractivity contribution is 5.92. The van der Waals surface area contributed by atoms with Crippen molar-refractivity contribution in [2.24, 2.45) is 0 Å². The normalized spacial score (nSPS) is 17.8. The minimum Gasteiger partial charge on any atom is -0.469 e. The van der Waals surface area contributed by atoms with Crippen molar-refractivity contribution in [2.45, 2.75) is 64.5 Å². The van der Waals surface area contributed by atoms with Crippen LogP contribution in [0.25, 0.3) is 0 Å². The fraction of sp³-hybridized carbons (Fsp3) is 0.625. The number of amides is 1. The zero-order valence-electron chi connectivity index (χ0n) is 12.7. The van der Waals surface area contributed by atoms with Gasteiger partial charge in [-0.05, 0) is 32.8 Å². The maximum absolute atomic E-state index is 12.1. The first kappa shape index (κ1) is 15.6. The lowest BCUT2D eigenvalue weighted by atomic mass is 10.1. The molecular weight excluding hydrogens is 270 g/mol. The molecule has 21 heavy (non-hydrogen) atoms. The van der Waals surface area contributed by atoms with Crippen molar-refractivity contribution in [1.82, 2.24) is 5.32 Å². The molecule has 1 saturated carbocycles. The van der Waals surface area contributed by atoms with E-state index in [-0.39, 0.29) is 11.9 Å². The summed E-state index contributed by atoms with van der Waals surface area (Å²) >= 11 is 0. The van der Waals surface area contributed by atoms with E-state index in [1.807, 2.05) is 0 Å². The van der Waals surface area contributed by atoms with Gasteiger partial charge in [0.1, 0.15) is 11.3 Å². The highest BCUT2D eigenvalue weighted by Gasteiger charge is 2.23. The number of furan rings is 1. The molecule has 1 heterocycles. The summed E-state index contributed by atoms with van der Waals surface area (Å²) in [6, 6.07) is 1.75. The van der Waals surface area contributed by atoms with Gasteiger partial charge in [-0.2, -0.15) is 0 Å². The highest BCUT2D eigenvalue weighted by Crippen LogP contribution is 2.17. The van der Waals surface area contributed by atoms with Crippen LogP contribution in [0.2, 0.25) is 0 Å². The third-order valence-corrected chi connectivity index (χ3v) is 3.93. The smallest absolute Gasteiger partial charge is 0.342 e.